The SMILES string of the molecule is Cc1nonc1-c1nc2c(F)cccc2n1C/C(N)=C/C=C(\N)C#N. The number of rotatable bonds is 4. The van der Waals surface area contributed by atoms with Crippen molar-refractivity contribution in [2.75, 3.05) is 0 Å². The molecule has 2 aromatic heterocycles. The molecule has 0 spiro atoms. The number of hydrogen-bond donors (Lipinski definition) is 2. The number of halogens is 1. The predicted molar refractivity (Wildman–Crippen MR) is 87.9 cm³/mol. The molecule has 0 fully saturated rings. The van der Waals surface area contributed by atoms with Crippen LogP contribution in [0.1, 0.15) is 5.69 Å². The van der Waals surface area contributed by atoms with Crippen LogP contribution in [0.5, 0.6) is 0 Å². The Morgan fingerprint density at radius 1 is 1.36 bits per heavy atom. The van der Waals surface area contributed by atoms with Gasteiger partial charge in [0.05, 0.1) is 12.1 Å². The van der Waals surface area contributed by atoms with Crippen LogP contribution < -0.4 is 11.5 Å². The first-order valence-corrected chi connectivity index (χ1v) is 7.27. The Bertz CT molecular complexity index is 1040. The fourth-order valence-corrected chi connectivity index (χ4v) is 2.36. The number of imidazole rings is 1. The normalized spacial score (nSPS) is 12.5. The van der Waals surface area contributed by atoms with Crippen LogP contribution in [0.2, 0.25) is 0 Å². The molecule has 9 heteroatoms. The quantitative estimate of drug-likeness (QED) is 0.546. The Balaban J connectivity index is 2.14. The smallest absolute Gasteiger partial charge is 0.173 e. The number of nitrogens with two attached hydrogens (primary N) is 2. The summed E-state index contributed by atoms with van der Waals surface area (Å²) in [5, 5.41) is 16.3. The maximum absolute atomic E-state index is 14.1. The topological polar surface area (TPSA) is 133 Å². The van der Waals surface area contributed by atoms with Crippen molar-refractivity contribution in [3.63, 3.8) is 0 Å². The summed E-state index contributed by atoms with van der Waals surface area (Å²) in [6.07, 6.45) is 2.92. The van der Waals surface area contributed by atoms with Crippen molar-refractivity contribution in [3.05, 3.63) is 53.3 Å². The van der Waals surface area contributed by atoms with E-state index in [0.29, 0.717) is 28.4 Å². The zero-order chi connectivity index (χ0) is 18.0. The van der Waals surface area contributed by atoms with Gasteiger partial charge in [0.25, 0.3) is 0 Å². The zero-order valence-electron chi connectivity index (χ0n) is 13.3. The number of nitrogens with zero attached hydrogens (tertiary/aromatic N) is 5. The number of aromatic nitrogens is 4. The highest BCUT2D eigenvalue weighted by Gasteiger charge is 2.20. The Morgan fingerprint density at radius 3 is 2.84 bits per heavy atom. The summed E-state index contributed by atoms with van der Waals surface area (Å²) >= 11 is 0. The number of allylic oxidation sites excluding steroid dienone is 4. The number of hydrogen-bond acceptors (Lipinski definition) is 7. The lowest BCUT2D eigenvalue weighted by molar-refractivity contribution is 0.305. The Hall–Kier alpha value is -3.67. The van der Waals surface area contributed by atoms with Crippen molar-refractivity contribution < 1.29 is 9.02 Å². The molecule has 0 aliphatic carbocycles. The van der Waals surface area contributed by atoms with Crippen molar-refractivity contribution in [2.24, 2.45) is 11.5 Å². The first-order chi connectivity index (χ1) is 12.0. The lowest BCUT2D eigenvalue weighted by Gasteiger charge is -2.08. The van der Waals surface area contributed by atoms with Crippen LogP contribution in [0.25, 0.3) is 22.6 Å². The molecule has 126 valence electrons. The van der Waals surface area contributed by atoms with Crippen LogP contribution in [-0.4, -0.2) is 19.9 Å². The summed E-state index contributed by atoms with van der Waals surface area (Å²) in [5.41, 5.74) is 13.5. The van der Waals surface area contributed by atoms with Crippen LogP contribution >= 0.6 is 0 Å². The maximum atomic E-state index is 14.1. The standard InChI is InChI=1S/C16H14FN7O/c1-9-14(23-25-22-9)16-21-15-12(17)3-2-4-13(15)24(16)8-11(20)6-5-10(19)7-18/h2-6H,8,19-20H2,1H3/b10-5-,11-6-. The summed E-state index contributed by atoms with van der Waals surface area (Å²) in [7, 11) is 0. The van der Waals surface area contributed by atoms with Crippen molar-refractivity contribution in [1.29, 1.82) is 5.26 Å². The number of nitriles is 1. The summed E-state index contributed by atoms with van der Waals surface area (Å²) in [6.45, 7) is 1.90. The zero-order valence-corrected chi connectivity index (χ0v) is 13.3. The van der Waals surface area contributed by atoms with Gasteiger partial charge in [0.15, 0.2) is 17.3 Å². The lowest BCUT2D eigenvalue weighted by Crippen LogP contribution is -2.10. The molecule has 0 radical (unpaired) electrons. The first-order valence-electron chi connectivity index (χ1n) is 7.27. The van der Waals surface area contributed by atoms with Gasteiger partial charge in [-0.05, 0) is 36.4 Å². The Morgan fingerprint density at radius 2 is 2.16 bits per heavy atom. The number of para-hydroxylation sites is 1. The molecule has 0 aliphatic heterocycles. The van der Waals surface area contributed by atoms with Gasteiger partial charge in [0.2, 0.25) is 0 Å². The molecular formula is C16H14FN7O. The van der Waals surface area contributed by atoms with E-state index in [1.807, 2.05) is 0 Å². The summed E-state index contributed by atoms with van der Waals surface area (Å²) in [5.74, 6) is -0.0739. The molecule has 4 N–H and O–H groups in total. The van der Waals surface area contributed by atoms with E-state index in [9.17, 15) is 4.39 Å². The average molecular weight is 339 g/mol. The second-order valence-corrected chi connectivity index (χ2v) is 5.30. The van der Waals surface area contributed by atoms with Crippen molar-refractivity contribution in [2.45, 2.75) is 13.5 Å². The molecule has 0 saturated carbocycles. The number of benzene rings is 1. The molecule has 2 heterocycles. The number of fused-ring (bicyclic) bond motifs is 1. The van der Waals surface area contributed by atoms with Gasteiger partial charge >= 0.3 is 0 Å². The third-order valence-electron chi connectivity index (χ3n) is 3.54. The van der Waals surface area contributed by atoms with Gasteiger partial charge in [0.1, 0.15) is 23.0 Å². The van der Waals surface area contributed by atoms with Gasteiger partial charge in [-0.1, -0.05) is 11.2 Å². The highest BCUT2D eigenvalue weighted by Crippen LogP contribution is 2.27. The Kier molecular flexibility index (Phi) is 4.18. The summed E-state index contributed by atoms with van der Waals surface area (Å²) < 4.78 is 20.5. The number of aryl methyl sites for hydroxylation is 1. The molecule has 8 nitrogen and oxygen atoms in total. The van der Waals surface area contributed by atoms with E-state index in [-0.39, 0.29) is 17.8 Å². The fraction of sp³-hybridized carbons (Fsp3) is 0.125. The van der Waals surface area contributed by atoms with Crippen molar-refractivity contribution in [1.82, 2.24) is 19.9 Å². The van der Waals surface area contributed by atoms with Crippen LogP contribution in [0.15, 0.2) is 46.4 Å². The fourth-order valence-electron chi connectivity index (χ4n) is 2.36. The minimum atomic E-state index is -0.456. The summed E-state index contributed by atoms with van der Waals surface area (Å²) in [4.78, 5) is 4.33. The van der Waals surface area contributed by atoms with E-state index >= 15 is 0 Å². The molecule has 0 unspecified atom stereocenters. The predicted octanol–water partition coefficient (Wildman–Crippen LogP) is 1.74. The highest BCUT2D eigenvalue weighted by atomic mass is 19.1. The van der Waals surface area contributed by atoms with Crippen LogP contribution in [0, 0.1) is 24.1 Å². The highest BCUT2D eigenvalue weighted by molar-refractivity contribution is 5.81. The van der Waals surface area contributed by atoms with Gasteiger partial charge in [-0.25, -0.2) is 14.0 Å². The van der Waals surface area contributed by atoms with E-state index in [1.54, 1.807) is 29.7 Å². The molecule has 0 atom stereocenters. The molecule has 0 saturated heterocycles. The molecular weight excluding hydrogens is 325 g/mol. The molecule has 3 aromatic rings. The second kappa shape index (κ2) is 6.45. The van der Waals surface area contributed by atoms with Gasteiger partial charge in [0, 0.05) is 5.70 Å². The van der Waals surface area contributed by atoms with Crippen LogP contribution in [-0.2, 0) is 6.54 Å². The Labute approximate surface area is 141 Å². The van der Waals surface area contributed by atoms with E-state index in [2.05, 4.69) is 15.3 Å². The first kappa shape index (κ1) is 16.2. The molecule has 0 amide bonds. The van der Waals surface area contributed by atoms with Crippen LogP contribution in [0.4, 0.5) is 4.39 Å². The van der Waals surface area contributed by atoms with Crippen molar-refractivity contribution in [3.8, 4) is 17.6 Å². The van der Waals surface area contributed by atoms with Gasteiger partial charge in [-0.3, -0.25) is 0 Å². The third-order valence-corrected chi connectivity index (χ3v) is 3.54. The maximum Gasteiger partial charge on any atom is 0.173 e. The molecule has 25 heavy (non-hydrogen) atoms. The van der Waals surface area contributed by atoms with Gasteiger partial charge < -0.3 is 16.0 Å². The molecule has 0 bridgehead atoms. The monoisotopic (exact) mass is 339 g/mol. The van der Waals surface area contributed by atoms with Gasteiger partial charge in [-0.15, -0.1) is 0 Å². The van der Waals surface area contributed by atoms with Gasteiger partial charge in [-0.2, -0.15) is 5.26 Å². The van der Waals surface area contributed by atoms with Crippen LogP contribution in [0.3, 0.4) is 0 Å². The summed E-state index contributed by atoms with van der Waals surface area (Å²) in [6, 6.07) is 6.43. The second-order valence-electron chi connectivity index (χ2n) is 5.30. The molecule has 1 aromatic carbocycles. The van der Waals surface area contributed by atoms with E-state index < -0.39 is 5.82 Å². The van der Waals surface area contributed by atoms with E-state index in [4.69, 9.17) is 21.4 Å². The third kappa shape index (κ3) is 3.05. The van der Waals surface area contributed by atoms with E-state index in [1.165, 1.54) is 18.2 Å². The van der Waals surface area contributed by atoms with E-state index in [0.717, 1.165) is 0 Å². The molecule has 3 rings (SSSR count). The largest absolute Gasteiger partial charge is 0.401 e. The lowest BCUT2D eigenvalue weighted by atomic mass is 10.3. The average Bonchev–Trinajstić information content (AvgIpc) is 3.17. The van der Waals surface area contributed by atoms with Crippen molar-refractivity contribution >= 4 is 11.0 Å². The minimum Gasteiger partial charge on any atom is -0.401 e. The molecule has 0 aliphatic rings. The minimum absolute atomic E-state index is 0.0289.